The van der Waals surface area contributed by atoms with Crippen molar-refractivity contribution in [2.24, 2.45) is 11.8 Å². The van der Waals surface area contributed by atoms with Gasteiger partial charge >= 0.3 is 0 Å². The summed E-state index contributed by atoms with van der Waals surface area (Å²) in [4.78, 5) is 7.23. The highest BCUT2D eigenvalue weighted by Crippen LogP contribution is 2.59. The van der Waals surface area contributed by atoms with Crippen LogP contribution in [0.4, 0.5) is 5.13 Å². The van der Waals surface area contributed by atoms with Gasteiger partial charge in [0.1, 0.15) is 4.60 Å². The standard InChI is InChI=1S/C11H13BrN2S/c12-10-5-15-11(13-10)14-8-2-1-3-9(14)7-4-6(7)8/h5-9H,1-4H2/t6-,7+,8+,9?/m1/s1. The zero-order valence-corrected chi connectivity index (χ0v) is 10.8. The third-order valence-corrected chi connectivity index (χ3v) is 5.84. The molecular formula is C11H13BrN2S. The molecular weight excluding hydrogens is 272 g/mol. The molecule has 0 amide bonds. The van der Waals surface area contributed by atoms with E-state index in [9.17, 15) is 0 Å². The van der Waals surface area contributed by atoms with E-state index >= 15 is 0 Å². The summed E-state index contributed by atoms with van der Waals surface area (Å²) in [6.07, 6.45) is 5.73. The smallest absolute Gasteiger partial charge is 0.186 e. The van der Waals surface area contributed by atoms with Gasteiger partial charge in [-0.3, -0.25) is 0 Å². The van der Waals surface area contributed by atoms with Crippen LogP contribution in [0.3, 0.4) is 0 Å². The van der Waals surface area contributed by atoms with Crippen LogP contribution in [0.5, 0.6) is 0 Å². The van der Waals surface area contributed by atoms with Gasteiger partial charge in [0.05, 0.1) is 0 Å². The highest BCUT2D eigenvalue weighted by molar-refractivity contribution is 9.10. The molecule has 2 saturated heterocycles. The Hall–Kier alpha value is -0.0900. The maximum atomic E-state index is 4.59. The molecule has 2 bridgehead atoms. The van der Waals surface area contributed by atoms with Gasteiger partial charge in [0.2, 0.25) is 0 Å². The van der Waals surface area contributed by atoms with Gasteiger partial charge in [-0.25, -0.2) is 4.98 Å². The lowest BCUT2D eigenvalue weighted by Gasteiger charge is -2.37. The van der Waals surface area contributed by atoms with Crippen LogP contribution >= 0.6 is 27.3 Å². The van der Waals surface area contributed by atoms with Crippen molar-refractivity contribution >= 4 is 32.4 Å². The van der Waals surface area contributed by atoms with E-state index in [-0.39, 0.29) is 0 Å². The molecule has 0 aromatic carbocycles. The Morgan fingerprint density at radius 2 is 2.07 bits per heavy atom. The maximum Gasteiger partial charge on any atom is 0.186 e. The summed E-state index contributed by atoms with van der Waals surface area (Å²) in [5, 5.41) is 3.36. The third kappa shape index (κ3) is 1.18. The molecule has 3 aliphatic rings. The average molecular weight is 285 g/mol. The molecule has 3 fully saturated rings. The molecule has 1 aromatic rings. The molecule has 2 nitrogen and oxygen atoms in total. The minimum Gasteiger partial charge on any atom is -0.342 e. The average Bonchev–Trinajstić information content (AvgIpc) is 2.88. The zero-order valence-electron chi connectivity index (χ0n) is 8.40. The fourth-order valence-electron chi connectivity index (χ4n) is 3.67. The van der Waals surface area contributed by atoms with Crippen LogP contribution in [0.15, 0.2) is 9.98 Å². The quantitative estimate of drug-likeness (QED) is 0.787. The fourth-order valence-corrected chi connectivity index (χ4v) is 5.03. The molecule has 0 spiro atoms. The number of nitrogens with zero attached hydrogens (tertiary/aromatic N) is 2. The first kappa shape index (κ1) is 8.99. The van der Waals surface area contributed by atoms with Crippen LogP contribution in [-0.4, -0.2) is 17.1 Å². The van der Waals surface area contributed by atoms with E-state index in [0.29, 0.717) is 0 Å². The number of piperidine rings is 2. The molecule has 4 heteroatoms. The van der Waals surface area contributed by atoms with E-state index in [2.05, 4.69) is 31.2 Å². The molecule has 15 heavy (non-hydrogen) atoms. The van der Waals surface area contributed by atoms with Crippen molar-refractivity contribution in [3.8, 4) is 0 Å². The van der Waals surface area contributed by atoms with E-state index < -0.39 is 0 Å². The van der Waals surface area contributed by atoms with Crippen LogP contribution < -0.4 is 4.90 Å². The number of rotatable bonds is 1. The number of halogens is 1. The summed E-state index contributed by atoms with van der Waals surface area (Å²) in [5.41, 5.74) is 0. The first-order chi connectivity index (χ1) is 7.34. The molecule has 4 atom stereocenters. The van der Waals surface area contributed by atoms with Crippen molar-refractivity contribution in [1.29, 1.82) is 0 Å². The molecule has 1 unspecified atom stereocenters. The molecule has 0 N–H and O–H groups in total. The molecule has 80 valence electrons. The SMILES string of the molecule is Brc1csc(N2C3CCC[C@H]2[C@@H]2C[C@H]32)n1. The zero-order chi connectivity index (χ0) is 9.99. The van der Waals surface area contributed by atoms with Gasteiger partial charge in [-0.2, -0.15) is 0 Å². The minimum atomic E-state index is 0.826. The van der Waals surface area contributed by atoms with Crippen LogP contribution in [0.2, 0.25) is 0 Å². The Bertz CT molecular complexity index is 389. The normalized spacial score (nSPS) is 41.8. The Balaban J connectivity index is 1.73. The lowest BCUT2D eigenvalue weighted by Crippen LogP contribution is -2.43. The number of fused-ring (bicyclic) bond motifs is 5. The van der Waals surface area contributed by atoms with E-state index in [1.807, 2.05) is 0 Å². The maximum absolute atomic E-state index is 4.59. The Kier molecular flexibility index (Phi) is 1.78. The summed E-state index contributed by atoms with van der Waals surface area (Å²) in [6, 6.07) is 1.65. The number of hydrogen-bond donors (Lipinski definition) is 0. The molecule has 1 aliphatic carbocycles. The fraction of sp³-hybridized carbons (Fsp3) is 0.727. The Labute approximate surface area is 102 Å². The topological polar surface area (TPSA) is 16.1 Å². The van der Waals surface area contributed by atoms with E-state index in [1.165, 1.54) is 30.8 Å². The van der Waals surface area contributed by atoms with Gasteiger partial charge in [-0.15, -0.1) is 11.3 Å². The lowest BCUT2D eigenvalue weighted by molar-refractivity contribution is 0.411. The van der Waals surface area contributed by atoms with Crippen LogP contribution in [0.25, 0.3) is 0 Å². The number of hydrogen-bond acceptors (Lipinski definition) is 3. The molecule has 3 heterocycles. The first-order valence-corrected chi connectivity index (χ1v) is 7.41. The molecule has 1 saturated carbocycles. The first-order valence-electron chi connectivity index (χ1n) is 5.74. The van der Waals surface area contributed by atoms with Crippen LogP contribution in [0, 0.1) is 11.8 Å². The van der Waals surface area contributed by atoms with Crippen LogP contribution in [-0.2, 0) is 0 Å². The predicted molar refractivity (Wildman–Crippen MR) is 65.3 cm³/mol. The van der Waals surface area contributed by atoms with Gasteiger partial charge in [-0.1, -0.05) is 0 Å². The number of anilines is 1. The van der Waals surface area contributed by atoms with Gasteiger partial charge in [0, 0.05) is 17.5 Å². The predicted octanol–water partition coefficient (Wildman–Crippen LogP) is 3.28. The number of aromatic nitrogens is 1. The second kappa shape index (κ2) is 2.98. The Morgan fingerprint density at radius 1 is 1.33 bits per heavy atom. The molecule has 0 radical (unpaired) electrons. The van der Waals surface area contributed by atoms with E-state index in [1.54, 1.807) is 11.3 Å². The van der Waals surface area contributed by atoms with Crippen molar-refractivity contribution in [3.05, 3.63) is 9.98 Å². The van der Waals surface area contributed by atoms with Gasteiger partial charge < -0.3 is 4.90 Å². The van der Waals surface area contributed by atoms with E-state index in [0.717, 1.165) is 28.5 Å². The summed E-state index contributed by atoms with van der Waals surface area (Å²) in [6.45, 7) is 0. The summed E-state index contributed by atoms with van der Waals surface area (Å²) >= 11 is 5.25. The summed E-state index contributed by atoms with van der Waals surface area (Å²) in [5.74, 6) is 2.03. The molecule has 2 aliphatic heterocycles. The largest absolute Gasteiger partial charge is 0.342 e. The van der Waals surface area contributed by atoms with Crippen molar-refractivity contribution < 1.29 is 0 Å². The van der Waals surface area contributed by atoms with Gasteiger partial charge in [-0.05, 0) is 53.4 Å². The van der Waals surface area contributed by atoms with Crippen LogP contribution in [0.1, 0.15) is 25.7 Å². The van der Waals surface area contributed by atoms with E-state index in [4.69, 9.17) is 0 Å². The highest BCUT2D eigenvalue weighted by atomic mass is 79.9. The van der Waals surface area contributed by atoms with Crippen molar-refractivity contribution in [2.75, 3.05) is 4.90 Å². The van der Waals surface area contributed by atoms with Crippen molar-refractivity contribution in [1.82, 2.24) is 4.98 Å². The van der Waals surface area contributed by atoms with Crippen molar-refractivity contribution in [2.45, 2.75) is 37.8 Å². The molecule has 1 aromatic heterocycles. The summed E-state index contributed by atoms with van der Waals surface area (Å²) < 4.78 is 1.00. The monoisotopic (exact) mass is 284 g/mol. The third-order valence-electron chi connectivity index (χ3n) is 4.28. The second-order valence-corrected chi connectivity index (χ2v) is 6.64. The number of thiazole rings is 1. The van der Waals surface area contributed by atoms with Gasteiger partial charge in [0.15, 0.2) is 5.13 Å². The lowest BCUT2D eigenvalue weighted by atomic mass is 9.99. The highest BCUT2D eigenvalue weighted by Gasteiger charge is 2.60. The second-order valence-electron chi connectivity index (χ2n) is 4.99. The van der Waals surface area contributed by atoms with Gasteiger partial charge in [0.25, 0.3) is 0 Å². The van der Waals surface area contributed by atoms with Crippen molar-refractivity contribution in [3.63, 3.8) is 0 Å². The molecule has 4 rings (SSSR count). The Morgan fingerprint density at radius 3 is 2.67 bits per heavy atom. The minimum absolute atomic E-state index is 0.826. The summed E-state index contributed by atoms with van der Waals surface area (Å²) in [7, 11) is 0.